The predicted molar refractivity (Wildman–Crippen MR) is 96.9 cm³/mol. The van der Waals surface area contributed by atoms with E-state index in [1.54, 1.807) is 18.2 Å². The number of fused-ring (bicyclic) bond motifs is 3. The molecule has 0 aliphatic carbocycles. The van der Waals surface area contributed by atoms with E-state index in [1.165, 1.54) is 6.07 Å². The third-order valence-corrected chi connectivity index (χ3v) is 6.13. The van der Waals surface area contributed by atoms with Crippen molar-refractivity contribution < 1.29 is 17.2 Å². The highest BCUT2D eigenvalue weighted by Gasteiger charge is 2.24. The van der Waals surface area contributed by atoms with E-state index in [-0.39, 0.29) is 15.5 Å². The van der Waals surface area contributed by atoms with E-state index in [0.717, 1.165) is 29.0 Å². The van der Waals surface area contributed by atoms with Gasteiger partial charge in [-0.3, -0.25) is 0 Å². The summed E-state index contributed by atoms with van der Waals surface area (Å²) in [6.07, 6.45) is 0. The summed E-state index contributed by atoms with van der Waals surface area (Å²) in [7, 11) is -4.23. The number of benzene rings is 3. The van der Waals surface area contributed by atoms with Gasteiger partial charge in [0.2, 0.25) is 9.84 Å². The van der Waals surface area contributed by atoms with Gasteiger partial charge < -0.3 is 4.42 Å². The molecule has 0 N–H and O–H groups in total. The van der Waals surface area contributed by atoms with Gasteiger partial charge in [-0.1, -0.05) is 41.9 Å². The van der Waals surface area contributed by atoms with Gasteiger partial charge in [0.15, 0.2) is 4.90 Å². The second-order valence-corrected chi connectivity index (χ2v) is 8.00. The van der Waals surface area contributed by atoms with Crippen LogP contribution in [-0.4, -0.2) is 8.42 Å². The average molecular weight is 389 g/mol. The van der Waals surface area contributed by atoms with Crippen LogP contribution in [0.1, 0.15) is 0 Å². The monoisotopic (exact) mass is 388 g/mol. The number of sulfone groups is 1. The Bertz CT molecular complexity index is 1340. The first-order valence-electron chi connectivity index (χ1n) is 7.54. The summed E-state index contributed by atoms with van der Waals surface area (Å²) in [6.45, 7) is 0. The fourth-order valence-corrected chi connectivity index (χ4v) is 4.37. The van der Waals surface area contributed by atoms with E-state index in [2.05, 4.69) is 0 Å². The van der Waals surface area contributed by atoms with Crippen molar-refractivity contribution in [2.75, 3.05) is 0 Å². The Morgan fingerprint density at radius 1 is 0.923 bits per heavy atom. The van der Waals surface area contributed by atoms with Crippen LogP contribution in [0.4, 0.5) is 4.39 Å². The molecule has 0 aliphatic rings. The molecule has 0 unspecified atom stereocenters. The molecule has 26 heavy (non-hydrogen) atoms. The quantitative estimate of drug-likeness (QED) is 0.286. The van der Waals surface area contributed by atoms with E-state index in [9.17, 15) is 17.6 Å². The van der Waals surface area contributed by atoms with Gasteiger partial charge in [-0.2, -0.15) is 0 Å². The van der Waals surface area contributed by atoms with Crippen molar-refractivity contribution >= 4 is 43.2 Å². The molecule has 7 heteroatoms. The van der Waals surface area contributed by atoms with Gasteiger partial charge in [0.05, 0.1) is 9.92 Å². The fraction of sp³-hybridized carbons (Fsp3) is 0. The average Bonchev–Trinajstić information content (AvgIpc) is 2.63. The van der Waals surface area contributed by atoms with Crippen LogP contribution in [0.2, 0.25) is 5.02 Å². The van der Waals surface area contributed by atoms with Crippen molar-refractivity contribution in [1.29, 1.82) is 0 Å². The molecule has 4 aromatic rings. The van der Waals surface area contributed by atoms with E-state index < -0.39 is 26.2 Å². The Balaban J connectivity index is 2.04. The van der Waals surface area contributed by atoms with Crippen molar-refractivity contribution in [1.82, 2.24) is 0 Å². The lowest BCUT2D eigenvalue weighted by molar-refractivity contribution is 0.533. The van der Waals surface area contributed by atoms with Crippen molar-refractivity contribution in [2.24, 2.45) is 0 Å². The molecule has 0 bridgehead atoms. The molecule has 0 radical (unpaired) electrons. The molecule has 4 rings (SSSR count). The Morgan fingerprint density at radius 3 is 2.46 bits per heavy atom. The number of rotatable bonds is 2. The van der Waals surface area contributed by atoms with Crippen molar-refractivity contribution in [2.45, 2.75) is 9.79 Å². The zero-order chi connectivity index (χ0) is 18.5. The summed E-state index contributed by atoms with van der Waals surface area (Å²) >= 11 is 5.68. The van der Waals surface area contributed by atoms with Crippen LogP contribution in [0, 0.1) is 5.82 Å². The van der Waals surface area contributed by atoms with Gasteiger partial charge in [-0.25, -0.2) is 17.6 Å². The maximum atomic E-state index is 13.3. The number of hydrogen-bond donors (Lipinski definition) is 0. The lowest BCUT2D eigenvalue weighted by atomic mass is 10.1. The topological polar surface area (TPSA) is 64.3 Å². The molecule has 1 heterocycles. The lowest BCUT2D eigenvalue weighted by Crippen LogP contribution is -2.14. The Kier molecular flexibility index (Phi) is 3.82. The van der Waals surface area contributed by atoms with Crippen LogP contribution in [0.15, 0.2) is 79.7 Å². The Morgan fingerprint density at radius 2 is 1.69 bits per heavy atom. The first-order chi connectivity index (χ1) is 12.4. The predicted octanol–water partition coefficient (Wildman–Crippen LogP) is 4.57. The van der Waals surface area contributed by atoms with Crippen LogP contribution in [0.3, 0.4) is 0 Å². The molecule has 3 aromatic carbocycles. The largest absolute Gasteiger partial charge is 0.422 e. The molecule has 0 aliphatic heterocycles. The fourth-order valence-electron chi connectivity index (χ4n) is 2.81. The highest BCUT2D eigenvalue weighted by atomic mass is 35.5. The summed E-state index contributed by atoms with van der Waals surface area (Å²) in [6, 6.07) is 15.0. The maximum Gasteiger partial charge on any atom is 0.355 e. The Hall–Kier alpha value is -2.70. The molecule has 0 atom stereocenters. The third kappa shape index (κ3) is 2.58. The Labute approximate surface area is 152 Å². The standard InChI is InChI=1S/C19H10ClFO4S/c20-15-9-12(6-7-16(15)21)26(23,24)18-10-14-13-4-2-1-3-11(13)5-8-17(14)25-19(18)22/h1-10H. The van der Waals surface area contributed by atoms with E-state index in [4.69, 9.17) is 16.0 Å². The smallest absolute Gasteiger partial charge is 0.355 e. The molecule has 0 fully saturated rings. The molecular formula is C19H10ClFO4S. The zero-order valence-corrected chi connectivity index (χ0v) is 14.6. The van der Waals surface area contributed by atoms with E-state index in [1.807, 2.05) is 18.2 Å². The lowest BCUT2D eigenvalue weighted by Gasteiger charge is -2.07. The SMILES string of the molecule is O=c1oc2ccc3ccccc3c2cc1S(=O)(=O)c1ccc(F)c(Cl)c1. The van der Waals surface area contributed by atoms with Crippen LogP contribution in [-0.2, 0) is 9.84 Å². The van der Waals surface area contributed by atoms with Gasteiger partial charge in [-0.15, -0.1) is 0 Å². The highest BCUT2D eigenvalue weighted by molar-refractivity contribution is 7.91. The van der Waals surface area contributed by atoms with Gasteiger partial charge in [0.1, 0.15) is 11.4 Å². The van der Waals surface area contributed by atoms with Gasteiger partial charge in [0.25, 0.3) is 0 Å². The summed E-state index contributed by atoms with van der Waals surface area (Å²) in [5, 5.41) is 1.78. The summed E-state index contributed by atoms with van der Waals surface area (Å²) in [5.41, 5.74) is -0.710. The molecule has 0 saturated carbocycles. The summed E-state index contributed by atoms with van der Waals surface area (Å²) < 4.78 is 44.3. The van der Waals surface area contributed by atoms with Gasteiger partial charge >= 0.3 is 5.63 Å². The molecular weight excluding hydrogens is 379 g/mol. The van der Waals surface area contributed by atoms with Crippen molar-refractivity contribution in [3.05, 3.63) is 81.9 Å². The van der Waals surface area contributed by atoms with Gasteiger partial charge in [0, 0.05) is 5.39 Å². The molecule has 0 spiro atoms. The molecule has 1 aromatic heterocycles. The first-order valence-corrected chi connectivity index (χ1v) is 9.40. The normalized spacial score (nSPS) is 11.9. The third-order valence-electron chi connectivity index (χ3n) is 4.10. The molecule has 0 amide bonds. The summed E-state index contributed by atoms with van der Waals surface area (Å²) in [4.78, 5) is 11.5. The van der Waals surface area contributed by atoms with Crippen molar-refractivity contribution in [3.8, 4) is 0 Å². The zero-order valence-electron chi connectivity index (χ0n) is 13.1. The second kappa shape index (κ2) is 5.93. The summed E-state index contributed by atoms with van der Waals surface area (Å²) in [5.74, 6) is -0.748. The van der Waals surface area contributed by atoms with Crippen LogP contribution in [0.5, 0.6) is 0 Å². The maximum absolute atomic E-state index is 13.3. The number of halogens is 2. The van der Waals surface area contributed by atoms with E-state index >= 15 is 0 Å². The van der Waals surface area contributed by atoms with Crippen LogP contribution >= 0.6 is 11.6 Å². The minimum Gasteiger partial charge on any atom is -0.422 e. The van der Waals surface area contributed by atoms with Crippen LogP contribution < -0.4 is 5.63 Å². The number of hydrogen-bond acceptors (Lipinski definition) is 4. The second-order valence-electron chi connectivity index (χ2n) is 5.68. The minimum atomic E-state index is -4.23. The molecule has 0 saturated heterocycles. The van der Waals surface area contributed by atoms with E-state index in [0.29, 0.717) is 5.39 Å². The van der Waals surface area contributed by atoms with Gasteiger partial charge in [-0.05, 0) is 41.1 Å². The first kappa shape index (κ1) is 16.8. The van der Waals surface area contributed by atoms with Crippen molar-refractivity contribution in [3.63, 3.8) is 0 Å². The molecule has 130 valence electrons. The molecule has 4 nitrogen and oxygen atoms in total. The highest BCUT2D eigenvalue weighted by Crippen LogP contribution is 2.29. The van der Waals surface area contributed by atoms with Crippen LogP contribution in [0.25, 0.3) is 21.7 Å². The minimum absolute atomic E-state index is 0.282.